The summed E-state index contributed by atoms with van der Waals surface area (Å²) in [5.41, 5.74) is 0. The molecule has 0 heterocycles. The van der Waals surface area contributed by atoms with Crippen molar-refractivity contribution in [3.63, 3.8) is 0 Å². The van der Waals surface area contributed by atoms with Crippen molar-refractivity contribution in [1.29, 1.82) is 0 Å². The number of hydrogen-bond acceptors (Lipinski definition) is 1. The molecule has 2 atom stereocenters. The van der Waals surface area contributed by atoms with Gasteiger partial charge in [-0.2, -0.15) is 0 Å². The number of hydrogen-bond donors (Lipinski definition) is 1. The van der Waals surface area contributed by atoms with Crippen LogP contribution in [0.25, 0.3) is 4.85 Å². The van der Waals surface area contributed by atoms with Crippen LogP contribution in [0.4, 0.5) is 0 Å². The van der Waals surface area contributed by atoms with Gasteiger partial charge in [0.15, 0.2) is 0 Å². The maximum atomic E-state index is 8.89. The Morgan fingerprint density at radius 2 is 2.25 bits per heavy atom. The fourth-order valence-electron chi connectivity index (χ4n) is 1.05. The van der Waals surface area contributed by atoms with Crippen molar-refractivity contribution >= 4 is 0 Å². The number of nitrogens with zero attached hydrogens (tertiary/aromatic N) is 1. The van der Waals surface area contributed by atoms with Gasteiger partial charge < -0.3 is 9.95 Å². The monoisotopic (exact) mass is 111 g/mol. The molecule has 0 spiro atoms. The molecule has 1 aliphatic rings. The normalized spacial score (nSPS) is 37.0. The lowest BCUT2D eigenvalue weighted by Crippen LogP contribution is -1.99. The third kappa shape index (κ3) is 0.988. The quantitative estimate of drug-likeness (QED) is 0.460. The molecule has 0 aromatic rings. The Morgan fingerprint density at radius 3 is 2.50 bits per heavy atom. The second kappa shape index (κ2) is 2.15. The zero-order chi connectivity index (χ0) is 5.98. The molecule has 2 nitrogen and oxygen atoms in total. The molecule has 1 N–H and O–H groups in total. The SMILES string of the molecule is [C-]#[N+]C1CCC(O)C1. The predicted octanol–water partition coefficient (Wildman–Crippen LogP) is 0.819. The Labute approximate surface area is 49.0 Å². The van der Waals surface area contributed by atoms with Gasteiger partial charge in [-0.25, -0.2) is 6.57 Å². The summed E-state index contributed by atoms with van der Waals surface area (Å²) in [6.45, 7) is 6.60. The van der Waals surface area contributed by atoms with Crippen LogP contribution in [0.1, 0.15) is 19.3 Å². The first-order chi connectivity index (χ1) is 3.83. The Bertz CT molecular complexity index is 116. The van der Waals surface area contributed by atoms with E-state index in [4.69, 9.17) is 11.7 Å². The zero-order valence-corrected chi connectivity index (χ0v) is 4.67. The Hall–Kier alpha value is -0.550. The van der Waals surface area contributed by atoms with E-state index < -0.39 is 0 Å². The van der Waals surface area contributed by atoms with Gasteiger partial charge in [0.2, 0.25) is 6.04 Å². The lowest BCUT2D eigenvalue weighted by atomic mass is 10.3. The summed E-state index contributed by atoms with van der Waals surface area (Å²) in [4.78, 5) is 3.33. The van der Waals surface area contributed by atoms with Crippen molar-refractivity contribution in [1.82, 2.24) is 0 Å². The average molecular weight is 111 g/mol. The van der Waals surface area contributed by atoms with Crippen molar-refractivity contribution in [2.45, 2.75) is 31.4 Å². The third-order valence-electron chi connectivity index (χ3n) is 1.56. The summed E-state index contributed by atoms with van der Waals surface area (Å²) >= 11 is 0. The molecule has 0 aliphatic heterocycles. The fraction of sp³-hybridized carbons (Fsp3) is 0.833. The minimum atomic E-state index is -0.186. The molecule has 1 saturated carbocycles. The molecule has 1 aliphatic carbocycles. The summed E-state index contributed by atoms with van der Waals surface area (Å²) in [5, 5.41) is 8.89. The molecule has 1 rings (SSSR count). The average Bonchev–Trinajstić information content (AvgIpc) is 2.14. The lowest BCUT2D eigenvalue weighted by Gasteiger charge is -1.91. The van der Waals surface area contributed by atoms with E-state index in [-0.39, 0.29) is 12.1 Å². The van der Waals surface area contributed by atoms with Crippen LogP contribution in [-0.2, 0) is 0 Å². The van der Waals surface area contributed by atoms with Crippen molar-refractivity contribution in [3.05, 3.63) is 11.4 Å². The zero-order valence-electron chi connectivity index (χ0n) is 4.67. The van der Waals surface area contributed by atoms with Crippen molar-refractivity contribution in [2.24, 2.45) is 0 Å². The lowest BCUT2D eigenvalue weighted by molar-refractivity contribution is 0.182. The Kier molecular flexibility index (Phi) is 1.50. The highest BCUT2D eigenvalue weighted by Crippen LogP contribution is 2.21. The summed E-state index contributed by atoms with van der Waals surface area (Å²) in [6, 6.07) is 0.116. The molecular weight excluding hydrogens is 102 g/mol. The first-order valence-corrected chi connectivity index (χ1v) is 2.87. The van der Waals surface area contributed by atoms with Crippen LogP contribution in [0.5, 0.6) is 0 Å². The van der Waals surface area contributed by atoms with E-state index in [1.807, 2.05) is 0 Å². The van der Waals surface area contributed by atoms with Crippen LogP contribution >= 0.6 is 0 Å². The minimum absolute atomic E-state index is 0.116. The molecule has 0 radical (unpaired) electrons. The van der Waals surface area contributed by atoms with Gasteiger partial charge in [-0.3, -0.25) is 0 Å². The van der Waals surface area contributed by atoms with Crippen LogP contribution < -0.4 is 0 Å². The second-order valence-electron chi connectivity index (χ2n) is 2.25. The van der Waals surface area contributed by atoms with Gasteiger partial charge in [0.05, 0.1) is 6.10 Å². The van der Waals surface area contributed by atoms with E-state index in [1.54, 1.807) is 0 Å². The van der Waals surface area contributed by atoms with Crippen LogP contribution in [-0.4, -0.2) is 17.3 Å². The van der Waals surface area contributed by atoms with E-state index in [1.165, 1.54) is 0 Å². The van der Waals surface area contributed by atoms with Crippen molar-refractivity contribution in [3.8, 4) is 0 Å². The molecule has 0 aromatic heterocycles. The largest absolute Gasteiger partial charge is 0.393 e. The summed E-state index contributed by atoms with van der Waals surface area (Å²) in [6.07, 6.45) is 2.23. The first-order valence-electron chi connectivity index (χ1n) is 2.87. The highest BCUT2D eigenvalue weighted by atomic mass is 16.3. The Balaban J connectivity index is 2.35. The molecule has 44 valence electrons. The van der Waals surface area contributed by atoms with Crippen LogP contribution in [0.15, 0.2) is 0 Å². The minimum Gasteiger partial charge on any atom is -0.393 e. The molecule has 1 fully saturated rings. The highest BCUT2D eigenvalue weighted by Gasteiger charge is 2.26. The van der Waals surface area contributed by atoms with Gasteiger partial charge in [-0.1, -0.05) is 0 Å². The summed E-state index contributed by atoms with van der Waals surface area (Å²) in [5.74, 6) is 0. The molecule has 0 aromatic carbocycles. The maximum Gasteiger partial charge on any atom is 0.226 e. The highest BCUT2D eigenvalue weighted by molar-refractivity contribution is 4.87. The van der Waals surface area contributed by atoms with Gasteiger partial charge in [-0.05, 0) is 6.42 Å². The van der Waals surface area contributed by atoms with Gasteiger partial charge >= 0.3 is 0 Å². The maximum absolute atomic E-state index is 8.89. The van der Waals surface area contributed by atoms with Crippen molar-refractivity contribution in [2.75, 3.05) is 0 Å². The van der Waals surface area contributed by atoms with E-state index in [0.717, 1.165) is 12.8 Å². The van der Waals surface area contributed by atoms with Gasteiger partial charge in [-0.15, -0.1) is 0 Å². The summed E-state index contributed by atoms with van der Waals surface area (Å²) < 4.78 is 0. The predicted molar refractivity (Wildman–Crippen MR) is 30.2 cm³/mol. The molecule has 0 amide bonds. The first kappa shape index (κ1) is 5.58. The number of rotatable bonds is 0. The second-order valence-corrected chi connectivity index (χ2v) is 2.25. The van der Waals surface area contributed by atoms with Gasteiger partial charge in [0.1, 0.15) is 0 Å². The number of aliphatic hydroxyl groups excluding tert-OH is 1. The molecule has 8 heavy (non-hydrogen) atoms. The van der Waals surface area contributed by atoms with E-state index in [0.29, 0.717) is 6.42 Å². The van der Waals surface area contributed by atoms with Gasteiger partial charge in [0, 0.05) is 12.8 Å². The summed E-state index contributed by atoms with van der Waals surface area (Å²) in [7, 11) is 0. The standard InChI is InChI=1S/C6H9NO/c1-7-5-2-3-6(8)4-5/h5-6,8H,2-4H2. The van der Waals surface area contributed by atoms with E-state index >= 15 is 0 Å². The van der Waals surface area contributed by atoms with Crippen LogP contribution in [0.2, 0.25) is 0 Å². The molecule has 2 unspecified atom stereocenters. The Morgan fingerprint density at radius 1 is 1.50 bits per heavy atom. The van der Waals surface area contributed by atoms with Crippen LogP contribution in [0.3, 0.4) is 0 Å². The van der Waals surface area contributed by atoms with Crippen molar-refractivity contribution < 1.29 is 5.11 Å². The topological polar surface area (TPSA) is 24.6 Å². The molecule has 0 saturated heterocycles. The van der Waals surface area contributed by atoms with E-state index in [9.17, 15) is 0 Å². The smallest absolute Gasteiger partial charge is 0.226 e. The van der Waals surface area contributed by atoms with Crippen LogP contribution in [0, 0.1) is 6.57 Å². The van der Waals surface area contributed by atoms with Gasteiger partial charge in [0.25, 0.3) is 0 Å². The molecule has 0 bridgehead atoms. The van der Waals surface area contributed by atoms with E-state index in [2.05, 4.69) is 4.85 Å². The molecular formula is C6H9NO. The third-order valence-corrected chi connectivity index (χ3v) is 1.56. The fourth-order valence-corrected chi connectivity index (χ4v) is 1.05. The molecule has 2 heteroatoms. The number of aliphatic hydroxyl groups is 1.